The molecule has 6 nitrogen and oxygen atoms in total. The summed E-state index contributed by atoms with van der Waals surface area (Å²) in [5.41, 5.74) is 0.532. The van der Waals surface area contributed by atoms with Crippen LogP contribution in [0.5, 0.6) is 0 Å². The number of ether oxygens (including phenoxy) is 1. The Balaban J connectivity index is 1.45. The van der Waals surface area contributed by atoms with Gasteiger partial charge in [0.1, 0.15) is 16.3 Å². The minimum Gasteiger partial charge on any atom is -0.466 e. The molecule has 4 rings (SSSR count). The Hall–Kier alpha value is -1.34. The molecule has 0 aromatic carbocycles. The molecule has 3 aliphatic rings. The van der Waals surface area contributed by atoms with Gasteiger partial charge in [-0.25, -0.2) is 8.42 Å². The standard InChI is InChI=1S/C18H25NO5S/c1-12-7-16(13(2)24-12)17(20)19-10-18(11-19)15(5-6-25(18,21)22)9-23-8-14-3-4-14/h7,14-15H,3-6,8-11H2,1-2H3. The third-order valence-corrected chi connectivity index (χ3v) is 8.55. The third-order valence-electron chi connectivity index (χ3n) is 5.94. The van der Waals surface area contributed by atoms with Crippen molar-refractivity contribution < 1.29 is 22.4 Å². The van der Waals surface area contributed by atoms with Crippen LogP contribution in [-0.4, -0.2) is 56.0 Å². The minimum atomic E-state index is -3.18. The van der Waals surface area contributed by atoms with E-state index < -0.39 is 14.6 Å². The quantitative estimate of drug-likeness (QED) is 0.795. The molecule has 0 radical (unpaired) electrons. The van der Waals surface area contributed by atoms with Gasteiger partial charge >= 0.3 is 0 Å². The predicted molar refractivity (Wildman–Crippen MR) is 92.3 cm³/mol. The summed E-state index contributed by atoms with van der Waals surface area (Å²) in [4.78, 5) is 14.3. The number of carbonyl (C=O) groups is 1. The van der Waals surface area contributed by atoms with Gasteiger partial charge in [0.25, 0.3) is 5.91 Å². The van der Waals surface area contributed by atoms with E-state index in [1.807, 2.05) is 0 Å². The maximum absolute atomic E-state index is 12.7. The van der Waals surface area contributed by atoms with Crippen LogP contribution in [0.1, 0.15) is 41.1 Å². The number of sulfone groups is 1. The smallest absolute Gasteiger partial charge is 0.257 e. The Morgan fingerprint density at radius 1 is 1.28 bits per heavy atom. The van der Waals surface area contributed by atoms with E-state index in [4.69, 9.17) is 9.15 Å². The molecule has 7 heteroatoms. The molecule has 1 aliphatic carbocycles. The number of rotatable bonds is 5. The molecule has 1 aromatic rings. The first kappa shape index (κ1) is 17.1. The number of amides is 1. The highest BCUT2D eigenvalue weighted by Crippen LogP contribution is 2.45. The molecule has 1 unspecified atom stereocenters. The molecule has 0 N–H and O–H groups in total. The topological polar surface area (TPSA) is 76.8 Å². The molecule has 3 heterocycles. The van der Waals surface area contributed by atoms with Crippen molar-refractivity contribution in [2.75, 3.05) is 32.1 Å². The third kappa shape index (κ3) is 2.81. The molecular weight excluding hydrogens is 342 g/mol. The van der Waals surface area contributed by atoms with Crippen LogP contribution in [0.2, 0.25) is 0 Å². The van der Waals surface area contributed by atoms with E-state index in [0.717, 1.165) is 6.61 Å². The number of carbonyl (C=O) groups excluding carboxylic acids is 1. The summed E-state index contributed by atoms with van der Waals surface area (Å²) in [6.07, 6.45) is 3.08. The lowest BCUT2D eigenvalue weighted by molar-refractivity contribution is 0.0227. The molecule has 3 fully saturated rings. The first-order valence-corrected chi connectivity index (χ1v) is 10.6. The lowest BCUT2D eigenvalue weighted by Gasteiger charge is -2.49. The summed E-state index contributed by atoms with van der Waals surface area (Å²) >= 11 is 0. The van der Waals surface area contributed by atoms with Gasteiger partial charge in [-0.3, -0.25) is 4.79 Å². The second kappa shape index (κ2) is 5.84. The van der Waals surface area contributed by atoms with Gasteiger partial charge < -0.3 is 14.1 Å². The van der Waals surface area contributed by atoms with Gasteiger partial charge in [0, 0.05) is 25.6 Å². The molecule has 2 saturated heterocycles. The van der Waals surface area contributed by atoms with Crippen LogP contribution >= 0.6 is 0 Å². The van der Waals surface area contributed by atoms with Crippen LogP contribution in [0.4, 0.5) is 0 Å². The van der Waals surface area contributed by atoms with Gasteiger partial charge in [0.05, 0.1) is 17.9 Å². The number of likely N-dealkylation sites (tertiary alicyclic amines) is 1. The zero-order valence-electron chi connectivity index (χ0n) is 14.8. The van der Waals surface area contributed by atoms with Gasteiger partial charge in [-0.05, 0) is 45.1 Å². The zero-order chi connectivity index (χ0) is 17.8. The van der Waals surface area contributed by atoms with E-state index in [2.05, 4.69) is 0 Å². The summed E-state index contributed by atoms with van der Waals surface area (Å²) in [6, 6.07) is 1.72. The van der Waals surface area contributed by atoms with Crippen molar-refractivity contribution in [1.29, 1.82) is 0 Å². The molecule has 1 spiro atoms. The molecule has 138 valence electrons. The van der Waals surface area contributed by atoms with Crippen LogP contribution in [0, 0.1) is 25.7 Å². The number of aryl methyl sites for hydroxylation is 2. The Labute approximate surface area is 148 Å². The fourth-order valence-electron chi connectivity index (χ4n) is 4.13. The first-order chi connectivity index (χ1) is 11.8. The molecule has 1 aromatic heterocycles. The van der Waals surface area contributed by atoms with Crippen LogP contribution in [0.3, 0.4) is 0 Å². The Bertz CT molecular complexity index is 786. The molecule has 0 bridgehead atoms. The highest BCUT2D eigenvalue weighted by atomic mass is 32.2. The van der Waals surface area contributed by atoms with Crippen molar-refractivity contribution in [1.82, 2.24) is 4.90 Å². The molecule has 1 amide bonds. The Kier molecular flexibility index (Phi) is 3.99. The number of hydrogen-bond donors (Lipinski definition) is 0. The fraction of sp³-hybridized carbons (Fsp3) is 0.722. The van der Waals surface area contributed by atoms with Crippen LogP contribution in [-0.2, 0) is 14.6 Å². The van der Waals surface area contributed by atoms with Crippen LogP contribution < -0.4 is 0 Å². The first-order valence-electron chi connectivity index (χ1n) is 8.99. The summed E-state index contributed by atoms with van der Waals surface area (Å²) in [5.74, 6) is 2.00. The molecular formula is C18H25NO5S. The summed E-state index contributed by atoms with van der Waals surface area (Å²) in [6.45, 7) is 5.33. The van der Waals surface area contributed by atoms with Gasteiger partial charge in [-0.15, -0.1) is 0 Å². The molecule has 2 aliphatic heterocycles. The van der Waals surface area contributed by atoms with Gasteiger partial charge in [0.2, 0.25) is 0 Å². The number of nitrogens with zero attached hydrogens (tertiary/aromatic N) is 1. The minimum absolute atomic E-state index is 0.00696. The average molecular weight is 367 g/mol. The van der Waals surface area contributed by atoms with Crippen molar-refractivity contribution in [3.63, 3.8) is 0 Å². The lowest BCUT2D eigenvalue weighted by atomic mass is 9.83. The molecule has 1 atom stereocenters. The number of hydrogen-bond acceptors (Lipinski definition) is 5. The average Bonchev–Trinajstić information content (AvgIpc) is 3.19. The normalized spacial score (nSPS) is 26.8. The van der Waals surface area contributed by atoms with Gasteiger partial charge in [0.15, 0.2) is 9.84 Å². The van der Waals surface area contributed by atoms with E-state index >= 15 is 0 Å². The van der Waals surface area contributed by atoms with E-state index in [1.54, 1.807) is 24.8 Å². The van der Waals surface area contributed by atoms with Crippen LogP contribution in [0.15, 0.2) is 10.5 Å². The zero-order valence-corrected chi connectivity index (χ0v) is 15.6. The lowest BCUT2D eigenvalue weighted by Crippen LogP contribution is -2.68. The Morgan fingerprint density at radius 3 is 2.60 bits per heavy atom. The van der Waals surface area contributed by atoms with Crippen molar-refractivity contribution in [2.24, 2.45) is 11.8 Å². The van der Waals surface area contributed by atoms with Crippen molar-refractivity contribution in [3.8, 4) is 0 Å². The largest absolute Gasteiger partial charge is 0.466 e. The molecule has 1 saturated carbocycles. The fourth-order valence-corrected chi connectivity index (χ4v) is 6.53. The highest BCUT2D eigenvalue weighted by Gasteiger charge is 2.62. The summed E-state index contributed by atoms with van der Waals surface area (Å²) in [7, 11) is -3.18. The van der Waals surface area contributed by atoms with Crippen LogP contribution in [0.25, 0.3) is 0 Å². The molecule has 25 heavy (non-hydrogen) atoms. The van der Waals surface area contributed by atoms with Gasteiger partial charge in [-0.2, -0.15) is 0 Å². The van der Waals surface area contributed by atoms with Gasteiger partial charge in [-0.1, -0.05) is 0 Å². The van der Waals surface area contributed by atoms with E-state index in [0.29, 0.717) is 36.0 Å². The second-order valence-electron chi connectivity index (χ2n) is 7.84. The van der Waals surface area contributed by atoms with Crippen molar-refractivity contribution in [2.45, 2.75) is 37.9 Å². The van der Waals surface area contributed by atoms with E-state index in [1.165, 1.54) is 12.8 Å². The highest BCUT2D eigenvalue weighted by molar-refractivity contribution is 7.93. The van der Waals surface area contributed by atoms with E-state index in [-0.39, 0.29) is 30.7 Å². The van der Waals surface area contributed by atoms with E-state index in [9.17, 15) is 13.2 Å². The monoisotopic (exact) mass is 367 g/mol. The Morgan fingerprint density at radius 2 is 2.00 bits per heavy atom. The van der Waals surface area contributed by atoms with Crippen molar-refractivity contribution >= 4 is 15.7 Å². The SMILES string of the molecule is Cc1cc(C(=O)N2CC3(C2)C(COCC2CC2)CCS3(=O)=O)c(C)o1. The van der Waals surface area contributed by atoms with Crippen molar-refractivity contribution in [3.05, 3.63) is 23.2 Å². The maximum Gasteiger partial charge on any atom is 0.257 e. The summed E-state index contributed by atoms with van der Waals surface area (Å²) < 4.78 is 35.7. The summed E-state index contributed by atoms with van der Waals surface area (Å²) in [5, 5.41) is 0. The second-order valence-corrected chi connectivity index (χ2v) is 10.3. The predicted octanol–water partition coefficient (Wildman–Crippen LogP) is 1.95. The maximum atomic E-state index is 12.7. The number of furan rings is 1.